The van der Waals surface area contributed by atoms with E-state index in [9.17, 15) is 4.39 Å². The molecule has 0 saturated carbocycles. The van der Waals surface area contributed by atoms with Gasteiger partial charge >= 0.3 is 0 Å². The zero-order valence-electron chi connectivity index (χ0n) is 13.4. The first kappa shape index (κ1) is 15.2. The SMILES string of the molecule is COc1ccc(N2CCN(c3nc4ccccc4s3)CC2)cc1F. The quantitative estimate of drug-likeness (QED) is 0.724. The number of para-hydroxylation sites is 1. The lowest BCUT2D eigenvalue weighted by Crippen LogP contribution is -2.46. The molecule has 0 atom stereocenters. The lowest BCUT2D eigenvalue weighted by molar-refractivity contribution is 0.386. The molecule has 3 aromatic rings. The van der Waals surface area contributed by atoms with Crippen LogP contribution in [-0.2, 0) is 0 Å². The van der Waals surface area contributed by atoms with Crippen molar-refractivity contribution < 1.29 is 9.13 Å². The van der Waals surface area contributed by atoms with Crippen LogP contribution in [0.2, 0.25) is 0 Å². The Morgan fingerprint density at radius 2 is 1.79 bits per heavy atom. The van der Waals surface area contributed by atoms with Crippen molar-refractivity contribution >= 4 is 32.4 Å². The summed E-state index contributed by atoms with van der Waals surface area (Å²) in [5.74, 6) is -0.0320. The van der Waals surface area contributed by atoms with Gasteiger partial charge in [0.05, 0.1) is 17.3 Å². The molecule has 0 amide bonds. The zero-order valence-corrected chi connectivity index (χ0v) is 14.2. The van der Waals surface area contributed by atoms with Gasteiger partial charge in [-0.3, -0.25) is 0 Å². The fourth-order valence-corrected chi connectivity index (χ4v) is 4.02. The highest BCUT2D eigenvalue weighted by atomic mass is 32.1. The van der Waals surface area contributed by atoms with E-state index in [1.54, 1.807) is 23.5 Å². The summed E-state index contributed by atoms with van der Waals surface area (Å²) in [6.45, 7) is 3.46. The number of halogens is 1. The average molecular weight is 343 g/mol. The van der Waals surface area contributed by atoms with Crippen molar-refractivity contribution in [3.63, 3.8) is 0 Å². The zero-order chi connectivity index (χ0) is 16.5. The Hall–Kier alpha value is -2.34. The Morgan fingerprint density at radius 1 is 1.04 bits per heavy atom. The standard InChI is InChI=1S/C18H18FN3OS/c1-23-16-7-6-13(12-14(16)19)21-8-10-22(11-9-21)18-20-15-4-2-3-5-17(15)24-18/h2-7,12H,8-11H2,1H3. The topological polar surface area (TPSA) is 28.6 Å². The lowest BCUT2D eigenvalue weighted by atomic mass is 10.2. The number of fused-ring (bicyclic) bond motifs is 1. The predicted molar refractivity (Wildman–Crippen MR) is 97.0 cm³/mol. The third kappa shape index (κ3) is 2.78. The lowest BCUT2D eigenvalue weighted by Gasteiger charge is -2.36. The molecule has 1 aliphatic rings. The van der Waals surface area contributed by atoms with Crippen LogP contribution in [0.4, 0.5) is 15.2 Å². The highest BCUT2D eigenvalue weighted by Crippen LogP contribution is 2.30. The van der Waals surface area contributed by atoms with Gasteiger partial charge in [-0.15, -0.1) is 0 Å². The van der Waals surface area contributed by atoms with Crippen LogP contribution in [0.15, 0.2) is 42.5 Å². The van der Waals surface area contributed by atoms with Gasteiger partial charge < -0.3 is 14.5 Å². The van der Waals surface area contributed by atoms with E-state index in [0.29, 0.717) is 0 Å². The van der Waals surface area contributed by atoms with Crippen molar-refractivity contribution in [2.45, 2.75) is 0 Å². The Morgan fingerprint density at radius 3 is 2.50 bits per heavy atom. The molecule has 4 rings (SSSR count). The summed E-state index contributed by atoms with van der Waals surface area (Å²) in [4.78, 5) is 9.23. The summed E-state index contributed by atoms with van der Waals surface area (Å²) in [7, 11) is 1.48. The summed E-state index contributed by atoms with van der Waals surface area (Å²) >= 11 is 1.73. The van der Waals surface area contributed by atoms with Gasteiger partial charge in [0.15, 0.2) is 16.7 Å². The Labute approximate surface area is 144 Å². The number of nitrogens with zero attached hydrogens (tertiary/aromatic N) is 3. The second-order valence-electron chi connectivity index (χ2n) is 5.76. The maximum absolute atomic E-state index is 13.9. The van der Waals surface area contributed by atoms with E-state index in [1.807, 2.05) is 24.3 Å². The van der Waals surface area contributed by atoms with Crippen LogP contribution in [0.25, 0.3) is 10.2 Å². The summed E-state index contributed by atoms with van der Waals surface area (Å²) in [6, 6.07) is 13.4. The number of piperazine rings is 1. The number of aromatic nitrogens is 1. The minimum atomic E-state index is -0.316. The van der Waals surface area contributed by atoms with Gasteiger partial charge in [-0.05, 0) is 24.3 Å². The van der Waals surface area contributed by atoms with E-state index in [0.717, 1.165) is 42.5 Å². The van der Waals surface area contributed by atoms with Crippen molar-refractivity contribution in [2.24, 2.45) is 0 Å². The number of rotatable bonds is 3. The van der Waals surface area contributed by atoms with Gasteiger partial charge in [-0.2, -0.15) is 0 Å². The molecular weight excluding hydrogens is 325 g/mol. The van der Waals surface area contributed by atoms with Gasteiger partial charge in [-0.1, -0.05) is 23.5 Å². The first-order valence-corrected chi connectivity index (χ1v) is 8.75. The minimum Gasteiger partial charge on any atom is -0.494 e. The van der Waals surface area contributed by atoms with Crippen molar-refractivity contribution in [1.82, 2.24) is 4.98 Å². The Balaban J connectivity index is 1.47. The molecule has 0 unspecified atom stereocenters. The van der Waals surface area contributed by atoms with E-state index >= 15 is 0 Å². The summed E-state index contributed by atoms with van der Waals surface area (Å²) in [6.07, 6.45) is 0. The van der Waals surface area contributed by atoms with Gasteiger partial charge in [0.1, 0.15) is 0 Å². The van der Waals surface area contributed by atoms with E-state index in [-0.39, 0.29) is 11.6 Å². The molecule has 1 aromatic heterocycles. The summed E-state index contributed by atoms with van der Waals surface area (Å²) < 4.78 is 20.1. The third-order valence-corrected chi connectivity index (χ3v) is 5.43. The molecule has 0 aliphatic carbocycles. The number of methoxy groups -OCH3 is 1. The van der Waals surface area contributed by atoms with Gasteiger partial charge in [0, 0.05) is 37.9 Å². The average Bonchev–Trinajstić information content (AvgIpc) is 3.06. The Kier molecular flexibility index (Phi) is 3.98. The number of hydrogen-bond donors (Lipinski definition) is 0. The molecule has 0 spiro atoms. The van der Waals surface area contributed by atoms with Gasteiger partial charge in [0.2, 0.25) is 0 Å². The van der Waals surface area contributed by atoms with Crippen molar-refractivity contribution in [1.29, 1.82) is 0 Å². The van der Waals surface area contributed by atoms with Crippen LogP contribution >= 0.6 is 11.3 Å². The fourth-order valence-electron chi connectivity index (χ4n) is 3.00. The number of hydrogen-bond acceptors (Lipinski definition) is 5. The molecule has 1 fully saturated rings. The summed E-state index contributed by atoms with van der Waals surface area (Å²) in [5.41, 5.74) is 1.95. The molecule has 6 heteroatoms. The smallest absolute Gasteiger partial charge is 0.186 e. The third-order valence-electron chi connectivity index (χ3n) is 4.33. The maximum Gasteiger partial charge on any atom is 0.186 e. The van der Waals surface area contributed by atoms with Crippen LogP contribution in [0.1, 0.15) is 0 Å². The molecule has 0 N–H and O–H groups in total. The molecule has 24 heavy (non-hydrogen) atoms. The summed E-state index contributed by atoms with van der Waals surface area (Å²) in [5, 5.41) is 1.07. The highest BCUT2D eigenvalue weighted by molar-refractivity contribution is 7.22. The van der Waals surface area contributed by atoms with Crippen molar-refractivity contribution in [3.8, 4) is 5.75 Å². The second kappa shape index (κ2) is 6.28. The number of thiazole rings is 1. The van der Waals surface area contributed by atoms with E-state index in [1.165, 1.54) is 11.8 Å². The minimum absolute atomic E-state index is 0.284. The molecule has 2 heterocycles. The van der Waals surface area contributed by atoms with Crippen LogP contribution in [0.3, 0.4) is 0 Å². The van der Waals surface area contributed by atoms with E-state index in [4.69, 9.17) is 9.72 Å². The van der Waals surface area contributed by atoms with E-state index in [2.05, 4.69) is 15.9 Å². The number of benzene rings is 2. The van der Waals surface area contributed by atoms with Crippen LogP contribution < -0.4 is 14.5 Å². The monoisotopic (exact) mass is 343 g/mol. The van der Waals surface area contributed by atoms with Gasteiger partial charge in [-0.25, -0.2) is 9.37 Å². The van der Waals surface area contributed by atoms with Crippen molar-refractivity contribution in [3.05, 3.63) is 48.3 Å². The molecule has 124 valence electrons. The largest absolute Gasteiger partial charge is 0.494 e. The molecule has 0 bridgehead atoms. The van der Waals surface area contributed by atoms with Gasteiger partial charge in [0.25, 0.3) is 0 Å². The number of ether oxygens (including phenoxy) is 1. The maximum atomic E-state index is 13.9. The first-order chi connectivity index (χ1) is 11.7. The van der Waals surface area contributed by atoms with Crippen molar-refractivity contribution in [2.75, 3.05) is 43.1 Å². The molecule has 1 aliphatic heterocycles. The van der Waals surface area contributed by atoms with Crippen LogP contribution in [0, 0.1) is 5.82 Å². The number of anilines is 2. The second-order valence-corrected chi connectivity index (χ2v) is 6.77. The molecular formula is C18H18FN3OS. The molecule has 1 saturated heterocycles. The molecule has 4 nitrogen and oxygen atoms in total. The first-order valence-electron chi connectivity index (χ1n) is 7.93. The molecule has 2 aromatic carbocycles. The molecule has 0 radical (unpaired) electrons. The van der Waals surface area contributed by atoms with Crippen LogP contribution in [-0.4, -0.2) is 38.3 Å². The highest BCUT2D eigenvalue weighted by Gasteiger charge is 2.20. The predicted octanol–water partition coefficient (Wildman–Crippen LogP) is 3.77. The normalized spacial score (nSPS) is 15.1. The van der Waals surface area contributed by atoms with E-state index < -0.39 is 0 Å². The fraction of sp³-hybridized carbons (Fsp3) is 0.278. The van der Waals surface area contributed by atoms with Crippen LogP contribution in [0.5, 0.6) is 5.75 Å². The Bertz CT molecular complexity index is 825.